The van der Waals surface area contributed by atoms with Gasteiger partial charge in [-0.15, -0.1) is 24.0 Å². The molecule has 1 saturated carbocycles. The molecule has 0 saturated heterocycles. The van der Waals surface area contributed by atoms with Gasteiger partial charge in [-0.25, -0.2) is 9.98 Å². The molecule has 0 bridgehead atoms. The Morgan fingerprint density at radius 3 is 2.77 bits per heavy atom. The molecule has 0 amide bonds. The number of aromatic nitrogens is 1. The minimum Gasteiger partial charge on any atom is -0.475 e. The molecule has 0 radical (unpaired) electrons. The molecule has 1 aromatic rings. The topological polar surface area (TPSA) is 67.8 Å². The van der Waals surface area contributed by atoms with E-state index in [4.69, 9.17) is 9.47 Å². The molecule has 0 aliphatic heterocycles. The van der Waals surface area contributed by atoms with E-state index in [1.54, 1.807) is 13.3 Å². The maximum absolute atomic E-state index is 5.43. The fourth-order valence-electron chi connectivity index (χ4n) is 1.73. The van der Waals surface area contributed by atoms with Crippen LogP contribution in [-0.4, -0.2) is 43.9 Å². The Morgan fingerprint density at radius 1 is 1.36 bits per heavy atom. The molecule has 2 N–H and O–H groups in total. The van der Waals surface area contributed by atoms with Crippen molar-refractivity contribution in [3.05, 3.63) is 23.9 Å². The lowest BCUT2D eigenvalue weighted by atomic mass is 10.3. The third-order valence-electron chi connectivity index (χ3n) is 3.02. The third-order valence-corrected chi connectivity index (χ3v) is 3.02. The number of ether oxygens (including phenoxy) is 2. The highest BCUT2D eigenvalue weighted by Crippen LogP contribution is 2.18. The first-order valence-electron chi connectivity index (χ1n) is 7.43. The van der Waals surface area contributed by atoms with E-state index in [1.165, 1.54) is 12.8 Å². The Labute approximate surface area is 149 Å². The molecule has 6 nitrogen and oxygen atoms in total. The molecule has 0 spiro atoms. The standard InChI is InChI=1S/C15H24N4O2.HI/c1-3-16-15(19-13-5-6-13)18-11-12-4-7-14(17-10-12)21-9-8-20-2;/h4,7,10,13H,3,5-6,8-9,11H2,1-2H3,(H2,16,18,19);1H. The SMILES string of the molecule is CCNC(=NCc1ccc(OCCOC)nc1)NC1CC1.I. The van der Waals surface area contributed by atoms with Crippen molar-refractivity contribution in [3.8, 4) is 5.88 Å². The molecule has 0 unspecified atom stereocenters. The number of pyridine rings is 1. The normalized spacial score (nSPS) is 14.2. The molecule has 2 rings (SSSR count). The summed E-state index contributed by atoms with van der Waals surface area (Å²) in [7, 11) is 1.65. The zero-order valence-electron chi connectivity index (χ0n) is 13.2. The molecule has 124 valence electrons. The van der Waals surface area contributed by atoms with Gasteiger partial charge in [0.05, 0.1) is 13.2 Å². The maximum atomic E-state index is 5.43. The van der Waals surface area contributed by atoms with Crippen LogP contribution in [0.3, 0.4) is 0 Å². The number of nitrogens with zero attached hydrogens (tertiary/aromatic N) is 2. The van der Waals surface area contributed by atoms with E-state index in [0.29, 0.717) is 31.7 Å². The minimum atomic E-state index is 0. The summed E-state index contributed by atoms with van der Waals surface area (Å²) in [6.07, 6.45) is 4.27. The van der Waals surface area contributed by atoms with Gasteiger partial charge in [-0.05, 0) is 25.3 Å². The van der Waals surface area contributed by atoms with Crippen molar-refractivity contribution in [3.63, 3.8) is 0 Å². The van der Waals surface area contributed by atoms with E-state index in [2.05, 4.69) is 27.5 Å². The molecule has 1 heterocycles. The minimum absolute atomic E-state index is 0. The predicted octanol–water partition coefficient (Wildman–Crippen LogP) is 1.94. The van der Waals surface area contributed by atoms with Gasteiger partial charge in [0.2, 0.25) is 5.88 Å². The Kier molecular flexibility index (Phi) is 9.14. The van der Waals surface area contributed by atoms with Crippen LogP contribution in [0.1, 0.15) is 25.3 Å². The largest absolute Gasteiger partial charge is 0.475 e. The first kappa shape index (κ1) is 19.0. The van der Waals surface area contributed by atoms with Gasteiger partial charge >= 0.3 is 0 Å². The van der Waals surface area contributed by atoms with Crippen LogP contribution in [0.15, 0.2) is 23.3 Å². The first-order chi connectivity index (χ1) is 10.3. The van der Waals surface area contributed by atoms with Gasteiger partial charge in [-0.3, -0.25) is 0 Å². The average Bonchev–Trinajstić information content (AvgIpc) is 3.31. The Morgan fingerprint density at radius 2 is 2.18 bits per heavy atom. The number of aliphatic imine (C=N–C) groups is 1. The van der Waals surface area contributed by atoms with Crippen molar-refractivity contribution in [1.29, 1.82) is 0 Å². The van der Waals surface area contributed by atoms with E-state index < -0.39 is 0 Å². The summed E-state index contributed by atoms with van der Waals surface area (Å²) >= 11 is 0. The number of halogens is 1. The molecule has 7 heteroatoms. The molecular formula is C15H25IN4O2. The lowest BCUT2D eigenvalue weighted by Gasteiger charge is -2.10. The molecular weight excluding hydrogens is 395 g/mol. The van der Waals surface area contributed by atoms with Crippen molar-refractivity contribution >= 4 is 29.9 Å². The smallest absolute Gasteiger partial charge is 0.213 e. The van der Waals surface area contributed by atoms with Gasteiger partial charge in [0.15, 0.2) is 5.96 Å². The van der Waals surface area contributed by atoms with Crippen LogP contribution >= 0.6 is 24.0 Å². The van der Waals surface area contributed by atoms with Gasteiger partial charge in [0.25, 0.3) is 0 Å². The molecule has 0 aromatic carbocycles. The number of rotatable bonds is 8. The highest BCUT2D eigenvalue weighted by atomic mass is 127. The van der Waals surface area contributed by atoms with Crippen molar-refractivity contribution in [2.45, 2.75) is 32.4 Å². The quantitative estimate of drug-likeness (QED) is 0.291. The van der Waals surface area contributed by atoms with E-state index >= 15 is 0 Å². The van der Waals surface area contributed by atoms with E-state index in [-0.39, 0.29) is 24.0 Å². The molecule has 1 aliphatic rings. The lowest BCUT2D eigenvalue weighted by Crippen LogP contribution is -2.38. The van der Waals surface area contributed by atoms with Crippen LogP contribution in [0.4, 0.5) is 0 Å². The summed E-state index contributed by atoms with van der Waals surface area (Å²) in [5.41, 5.74) is 1.06. The lowest BCUT2D eigenvalue weighted by molar-refractivity contribution is 0.143. The number of hydrogen-bond acceptors (Lipinski definition) is 4. The van der Waals surface area contributed by atoms with Crippen molar-refractivity contribution in [2.24, 2.45) is 4.99 Å². The first-order valence-corrected chi connectivity index (χ1v) is 7.43. The summed E-state index contributed by atoms with van der Waals surface area (Å²) in [4.78, 5) is 8.82. The fraction of sp³-hybridized carbons (Fsp3) is 0.600. The summed E-state index contributed by atoms with van der Waals surface area (Å²) in [5.74, 6) is 1.49. The highest BCUT2D eigenvalue weighted by Gasteiger charge is 2.21. The maximum Gasteiger partial charge on any atom is 0.213 e. The third kappa shape index (κ3) is 7.26. The van der Waals surface area contributed by atoms with E-state index in [0.717, 1.165) is 18.1 Å². The summed E-state index contributed by atoms with van der Waals surface area (Å²) in [6.45, 7) is 4.61. The number of guanidine groups is 1. The van der Waals surface area contributed by atoms with Gasteiger partial charge < -0.3 is 20.1 Å². The molecule has 1 aromatic heterocycles. The van der Waals surface area contributed by atoms with E-state index in [1.807, 2.05) is 12.1 Å². The Hall–Kier alpha value is -1.09. The van der Waals surface area contributed by atoms with Crippen LogP contribution in [0.2, 0.25) is 0 Å². The Bertz CT molecular complexity index is 449. The monoisotopic (exact) mass is 420 g/mol. The second-order valence-corrected chi connectivity index (χ2v) is 4.96. The molecule has 0 atom stereocenters. The second kappa shape index (κ2) is 10.6. The molecule has 1 aliphatic carbocycles. The van der Waals surface area contributed by atoms with Crippen molar-refractivity contribution in [2.75, 3.05) is 26.9 Å². The fourth-order valence-corrected chi connectivity index (χ4v) is 1.73. The predicted molar refractivity (Wildman–Crippen MR) is 98.0 cm³/mol. The summed E-state index contributed by atoms with van der Waals surface area (Å²) < 4.78 is 10.4. The van der Waals surface area contributed by atoms with Crippen LogP contribution in [0.5, 0.6) is 5.88 Å². The highest BCUT2D eigenvalue weighted by molar-refractivity contribution is 14.0. The van der Waals surface area contributed by atoms with Crippen LogP contribution in [0.25, 0.3) is 0 Å². The van der Waals surface area contributed by atoms with Crippen LogP contribution in [0, 0.1) is 0 Å². The average molecular weight is 420 g/mol. The van der Waals surface area contributed by atoms with Gasteiger partial charge in [0.1, 0.15) is 6.61 Å². The summed E-state index contributed by atoms with van der Waals surface area (Å²) in [6, 6.07) is 4.44. The van der Waals surface area contributed by atoms with Gasteiger partial charge in [0, 0.05) is 32.0 Å². The van der Waals surface area contributed by atoms with Crippen LogP contribution < -0.4 is 15.4 Å². The van der Waals surface area contributed by atoms with Gasteiger partial charge in [-0.2, -0.15) is 0 Å². The van der Waals surface area contributed by atoms with Gasteiger partial charge in [-0.1, -0.05) is 6.07 Å². The zero-order valence-corrected chi connectivity index (χ0v) is 15.5. The van der Waals surface area contributed by atoms with E-state index in [9.17, 15) is 0 Å². The van der Waals surface area contributed by atoms with Crippen LogP contribution in [-0.2, 0) is 11.3 Å². The molecule has 1 fully saturated rings. The number of nitrogens with one attached hydrogen (secondary N) is 2. The van der Waals surface area contributed by atoms with Crippen molar-refractivity contribution < 1.29 is 9.47 Å². The number of methoxy groups -OCH3 is 1. The summed E-state index contributed by atoms with van der Waals surface area (Å²) in [5, 5.41) is 6.64. The zero-order chi connectivity index (χ0) is 14.9. The molecule has 22 heavy (non-hydrogen) atoms. The number of hydrogen-bond donors (Lipinski definition) is 2. The second-order valence-electron chi connectivity index (χ2n) is 4.96. The Balaban J connectivity index is 0.00000242. The van der Waals surface area contributed by atoms with Crippen molar-refractivity contribution in [1.82, 2.24) is 15.6 Å².